The number of aromatic nitrogens is 3. The van der Waals surface area contributed by atoms with Crippen molar-refractivity contribution in [2.75, 3.05) is 11.9 Å². The van der Waals surface area contributed by atoms with E-state index in [4.69, 9.17) is 15.7 Å². The summed E-state index contributed by atoms with van der Waals surface area (Å²) < 4.78 is 0. The third-order valence-electron chi connectivity index (χ3n) is 5.78. The Labute approximate surface area is 163 Å². The van der Waals surface area contributed by atoms with Gasteiger partial charge in [-0.15, -0.1) is 0 Å². The van der Waals surface area contributed by atoms with Crippen LogP contribution in [0.1, 0.15) is 41.0 Å². The molecule has 2 unspecified atom stereocenters. The number of hydrogen-bond acceptors (Lipinski definition) is 5. The van der Waals surface area contributed by atoms with Gasteiger partial charge in [0.1, 0.15) is 11.3 Å². The molecule has 0 radical (unpaired) electrons. The minimum atomic E-state index is -0.0224. The highest BCUT2D eigenvalue weighted by Crippen LogP contribution is 2.31. The molecule has 1 fully saturated rings. The molecule has 0 saturated heterocycles. The Morgan fingerprint density at radius 1 is 1.21 bits per heavy atom. The van der Waals surface area contributed by atoms with E-state index in [0.717, 1.165) is 70.7 Å². The van der Waals surface area contributed by atoms with Gasteiger partial charge in [-0.25, -0.2) is 9.97 Å². The summed E-state index contributed by atoms with van der Waals surface area (Å²) in [6.07, 6.45) is 3.87. The van der Waals surface area contributed by atoms with Crippen LogP contribution in [0.25, 0.3) is 22.3 Å². The smallest absolute Gasteiger partial charge is 0.253 e. The molecule has 0 spiro atoms. The van der Waals surface area contributed by atoms with Gasteiger partial charge in [-0.3, -0.25) is 4.79 Å². The number of carbonyl (C=O) groups excluding carboxylic acids is 1. The molecule has 1 aliphatic heterocycles. The van der Waals surface area contributed by atoms with E-state index in [1.165, 1.54) is 0 Å². The fourth-order valence-electron chi connectivity index (χ4n) is 4.30. The van der Waals surface area contributed by atoms with Gasteiger partial charge in [-0.05, 0) is 38.3 Å². The van der Waals surface area contributed by atoms with Crippen LogP contribution in [0.4, 0.5) is 5.82 Å². The highest BCUT2D eigenvalue weighted by Gasteiger charge is 2.24. The molecule has 1 aromatic carbocycles. The number of nitrogens with two attached hydrogens (primary N) is 1. The highest BCUT2D eigenvalue weighted by atomic mass is 16.1. The number of benzene rings is 1. The van der Waals surface area contributed by atoms with Crippen molar-refractivity contribution >= 4 is 22.8 Å². The van der Waals surface area contributed by atoms with Crippen LogP contribution in [0, 0.1) is 6.92 Å². The number of para-hydroxylation sites is 1. The number of hydrogen-bond donors (Lipinski definition) is 4. The first kappa shape index (κ1) is 17.2. The Morgan fingerprint density at radius 2 is 2.11 bits per heavy atom. The zero-order chi connectivity index (χ0) is 19.3. The van der Waals surface area contributed by atoms with Crippen LogP contribution in [0.15, 0.2) is 24.3 Å². The summed E-state index contributed by atoms with van der Waals surface area (Å²) in [5, 5.41) is 6.43. The van der Waals surface area contributed by atoms with Crippen molar-refractivity contribution in [1.82, 2.24) is 20.3 Å². The zero-order valence-electron chi connectivity index (χ0n) is 15.9. The topological polar surface area (TPSA) is 109 Å². The van der Waals surface area contributed by atoms with Crippen LogP contribution >= 0.6 is 0 Å². The number of rotatable bonds is 3. The molecule has 5 N–H and O–H groups in total. The van der Waals surface area contributed by atoms with E-state index in [1.54, 1.807) is 0 Å². The minimum Gasteiger partial charge on any atom is -0.366 e. The second-order valence-electron chi connectivity index (χ2n) is 7.83. The maximum atomic E-state index is 12.1. The van der Waals surface area contributed by atoms with E-state index in [-0.39, 0.29) is 11.9 Å². The quantitative estimate of drug-likeness (QED) is 0.562. The monoisotopic (exact) mass is 376 g/mol. The fourth-order valence-corrected chi connectivity index (χ4v) is 4.30. The van der Waals surface area contributed by atoms with Crippen LogP contribution in [-0.2, 0) is 6.42 Å². The van der Waals surface area contributed by atoms with Crippen molar-refractivity contribution in [1.29, 1.82) is 0 Å². The van der Waals surface area contributed by atoms with Gasteiger partial charge in [0.25, 0.3) is 5.91 Å². The molecular weight excluding hydrogens is 352 g/mol. The standard InChI is InChI=1S/C21H24N6O/c1-11-20(25-13-6-5-12(22)9-13)27-19-14(3-2-4-17(19)24-11)18-10-15-16(26-18)7-8-23-21(15)28/h2-4,10,12-13,26H,5-9,22H2,1H3,(H,23,28)(H,25,27). The van der Waals surface area contributed by atoms with Gasteiger partial charge in [-0.1, -0.05) is 12.1 Å². The Morgan fingerprint density at radius 3 is 2.89 bits per heavy atom. The van der Waals surface area contributed by atoms with E-state index in [9.17, 15) is 4.79 Å². The number of anilines is 1. The first-order valence-electron chi connectivity index (χ1n) is 9.88. The molecule has 144 valence electrons. The lowest BCUT2D eigenvalue weighted by atomic mass is 10.1. The van der Waals surface area contributed by atoms with Crippen molar-refractivity contribution < 1.29 is 4.79 Å². The fraction of sp³-hybridized carbons (Fsp3) is 0.381. The van der Waals surface area contributed by atoms with Crippen molar-refractivity contribution in [3.05, 3.63) is 41.2 Å². The van der Waals surface area contributed by atoms with Gasteiger partial charge in [-0.2, -0.15) is 0 Å². The van der Waals surface area contributed by atoms with Crippen LogP contribution in [0.3, 0.4) is 0 Å². The summed E-state index contributed by atoms with van der Waals surface area (Å²) in [5.74, 6) is 0.791. The first-order valence-corrected chi connectivity index (χ1v) is 9.88. The molecule has 3 heterocycles. The molecule has 2 aliphatic rings. The van der Waals surface area contributed by atoms with Gasteiger partial charge < -0.3 is 21.4 Å². The third-order valence-corrected chi connectivity index (χ3v) is 5.78. The van der Waals surface area contributed by atoms with Crippen LogP contribution in [0.5, 0.6) is 0 Å². The SMILES string of the molecule is Cc1nc2cccc(-c3cc4c([nH]3)CCNC4=O)c2nc1NC1CCC(N)C1. The Hall–Kier alpha value is -2.93. The van der Waals surface area contributed by atoms with Crippen LogP contribution in [0.2, 0.25) is 0 Å². The lowest BCUT2D eigenvalue weighted by Gasteiger charge is -2.16. The largest absolute Gasteiger partial charge is 0.366 e. The van der Waals surface area contributed by atoms with Crippen LogP contribution in [-0.4, -0.2) is 39.5 Å². The van der Waals surface area contributed by atoms with E-state index in [2.05, 4.69) is 15.6 Å². The molecule has 2 atom stereocenters. The van der Waals surface area contributed by atoms with Crippen molar-refractivity contribution in [2.24, 2.45) is 5.73 Å². The predicted octanol–water partition coefficient (Wildman–Crippen LogP) is 2.51. The highest BCUT2D eigenvalue weighted by molar-refractivity contribution is 5.99. The Balaban J connectivity index is 1.58. The maximum Gasteiger partial charge on any atom is 0.253 e. The van der Waals surface area contributed by atoms with Crippen molar-refractivity contribution in [3.8, 4) is 11.3 Å². The molecule has 28 heavy (non-hydrogen) atoms. The molecule has 2 aromatic heterocycles. The molecule has 1 aliphatic carbocycles. The summed E-state index contributed by atoms with van der Waals surface area (Å²) in [6, 6.07) is 8.51. The summed E-state index contributed by atoms with van der Waals surface area (Å²) in [5.41, 5.74) is 12.2. The Bertz CT molecular complexity index is 1070. The molecule has 7 nitrogen and oxygen atoms in total. The molecule has 0 bridgehead atoms. The lowest BCUT2D eigenvalue weighted by molar-refractivity contribution is 0.0946. The second kappa shape index (κ2) is 6.60. The summed E-state index contributed by atoms with van der Waals surface area (Å²) in [4.78, 5) is 25.3. The van der Waals surface area contributed by atoms with E-state index in [0.29, 0.717) is 12.6 Å². The normalized spacial score (nSPS) is 21.6. The van der Waals surface area contributed by atoms with E-state index in [1.807, 2.05) is 31.2 Å². The lowest BCUT2D eigenvalue weighted by Crippen LogP contribution is -2.31. The van der Waals surface area contributed by atoms with Gasteiger partial charge in [0.15, 0.2) is 0 Å². The number of amides is 1. The molecule has 7 heteroatoms. The van der Waals surface area contributed by atoms with Gasteiger partial charge in [0.05, 0.1) is 16.8 Å². The number of H-pyrrole nitrogens is 1. The van der Waals surface area contributed by atoms with Gasteiger partial charge >= 0.3 is 0 Å². The summed E-state index contributed by atoms with van der Waals surface area (Å²) in [7, 11) is 0. The number of nitrogens with zero attached hydrogens (tertiary/aromatic N) is 2. The number of fused-ring (bicyclic) bond motifs is 2. The van der Waals surface area contributed by atoms with Crippen LogP contribution < -0.4 is 16.4 Å². The number of carbonyl (C=O) groups is 1. The zero-order valence-corrected chi connectivity index (χ0v) is 15.9. The first-order chi connectivity index (χ1) is 13.6. The van der Waals surface area contributed by atoms with Gasteiger partial charge in [0, 0.05) is 42.0 Å². The van der Waals surface area contributed by atoms with Gasteiger partial charge in [0.2, 0.25) is 0 Å². The number of aryl methyl sites for hydroxylation is 1. The minimum absolute atomic E-state index is 0.0224. The summed E-state index contributed by atoms with van der Waals surface area (Å²) in [6.45, 7) is 2.64. The van der Waals surface area contributed by atoms with Crippen molar-refractivity contribution in [3.63, 3.8) is 0 Å². The predicted molar refractivity (Wildman–Crippen MR) is 109 cm³/mol. The number of aromatic amines is 1. The second-order valence-corrected chi connectivity index (χ2v) is 7.83. The van der Waals surface area contributed by atoms with E-state index < -0.39 is 0 Å². The molecule has 1 amide bonds. The maximum absolute atomic E-state index is 12.1. The third kappa shape index (κ3) is 2.92. The van der Waals surface area contributed by atoms with E-state index >= 15 is 0 Å². The van der Waals surface area contributed by atoms with Crippen molar-refractivity contribution in [2.45, 2.75) is 44.7 Å². The molecule has 1 saturated carbocycles. The number of nitrogens with one attached hydrogen (secondary N) is 3. The molecule has 3 aromatic rings. The Kier molecular flexibility index (Phi) is 4.05. The average Bonchev–Trinajstić information content (AvgIpc) is 3.29. The average molecular weight is 376 g/mol. The molecular formula is C21H24N6O. The summed E-state index contributed by atoms with van der Waals surface area (Å²) >= 11 is 0. The molecule has 5 rings (SSSR count).